The Hall–Kier alpha value is -2.56. The number of hydrogen-bond donors (Lipinski definition) is 1. The summed E-state index contributed by atoms with van der Waals surface area (Å²) in [4.78, 5) is 48.1. The first-order valence-corrected chi connectivity index (χ1v) is 9.91. The summed E-state index contributed by atoms with van der Waals surface area (Å²) in [6.45, 7) is 10.5. The lowest BCUT2D eigenvalue weighted by molar-refractivity contribution is -0.155. The third kappa shape index (κ3) is 12.8. The highest BCUT2D eigenvalue weighted by molar-refractivity contribution is 5.93. The molecule has 0 radical (unpaired) electrons. The first-order valence-electron chi connectivity index (χ1n) is 9.91. The van der Waals surface area contributed by atoms with Gasteiger partial charge in [0, 0.05) is 24.8 Å². The monoisotopic (exact) mass is 425 g/mol. The van der Waals surface area contributed by atoms with Crippen LogP contribution in [0.25, 0.3) is 0 Å². The summed E-state index contributed by atoms with van der Waals surface area (Å²) in [5.41, 5.74) is -2.40. The molecular weight excluding hydrogens is 390 g/mol. The molecule has 1 N–H and O–H groups in total. The highest BCUT2D eigenvalue weighted by atomic mass is 16.6. The van der Waals surface area contributed by atoms with Gasteiger partial charge >= 0.3 is 17.9 Å². The summed E-state index contributed by atoms with van der Waals surface area (Å²) in [6, 6.07) is 0. The lowest BCUT2D eigenvalue weighted by Gasteiger charge is -2.34. The Bertz CT molecular complexity index is 630. The van der Waals surface area contributed by atoms with Crippen molar-refractivity contribution in [2.24, 2.45) is 0 Å². The summed E-state index contributed by atoms with van der Waals surface area (Å²) in [7, 11) is 1.26. The summed E-state index contributed by atoms with van der Waals surface area (Å²) < 4.78 is 15.3. The summed E-state index contributed by atoms with van der Waals surface area (Å²) in [5.74, 6) is -0.130. The molecule has 0 spiro atoms. The number of ether oxygens (including phenoxy) is 3. The van der Waals surface area contributed by atoms with Gasteiger partial charge in [0.15, 0.2) is 0 Å². The standard InChI is InChI=1S/C22H35NO7/c1-9-16(24)23-22(13-10-17(25)28-8,14-11-18(26)29-20(2,3)4)15-12-19(27)30-21(5,6)7/h1H,10-15H2,2-8H3,(H,23,24). The van der Waals surface area contributed by atoms with E-state index in [0.717, 1.165) is 0 Å². The highest BCUT2D eigenvalue weighted by Gasteiger charge is 2.35. The van der Waals surface area contributed by atoms with E-state index in [1.165, 1.54) is 7.11 Å². The van der Waals surface area contributed by atoms with Crippen molar-refractivity contribution in [3.8, 4) is 12.3 Å². The molecule has 0 aliphatic carbocycles. The van der Waals surface area contributed by atoms with Crippen molar-refractivity contribution >= 4 is 23.8 Å². The van der Waals surface area contributed by atoms with Crippen molar-refractivity contribution in [1.82, 2.24) is 5.32 Å². The van der Waals surface area contributed by atoms with Crippen molar-refractivity contribution in [2.45, 2.75) is 96.8 Å². The zero-order valence-electron chi connectivity index (χ0n) is 19.2. The van der Waals surface area contributed by atoms with Gasteiger partial charge in [-0.3, -0.25) is 19.2 Å². The van der Waals surface area contributed by atoms with Gasteiger partial charge in [-0.2, -0.15) is 0 Å². The molecule has 0 aromatic heterocycles. The van der Waals surface area contributed by atoms with Crippen LogP contribution in [0, 0.1) is 12.3 Å². The second kappa shape index (κ2) is 11.6. The van der Waals surface area contributed by atoms with E-state index in [1.54, 1.807) is 41.5 Å². The third-order valence-electron chi connectivity index (χ3n) is 4.00. The number of carbonyl (C=O) groups is 4. The minimum Gasteiger partial charge on any atom is -0.469 e. The van der Waals surface area contributed by atoms with E-state index in [1.807, 2.05) is 5.92 Å². The van der Waals surface area contributed by atoms with Crippen molar-refractivity contribution in [3.63, 3.8) is 0 Å². The van der Waals surface area contributed by atoms with Crippen LogP contribution in [0.4, 0.5) is 0 Å². The summed E-state index contributed by atoms with van der Waals surface area (Å²) in [5, 5.41) is 2.70. The molecular formula is C22H35NO7. The van der Waals surface area contributed by atoms with Gasteiger partial charge in [-0.05, 0) is 66.7 Å². The molecule has 0 unspecified atom stereocenters. The average Bonchev–Trinajstić information content (AvgIpc) is 2.59. The minimum absolute atomic E-state index is 0.0238. The van der Waals surface area contributed by atoms with E-state index in [0.29, 0.717) is 0 Å². The number of methoxy groups -OCH3 is 1. The van der Waals surface area contributed by atoms with E-state index < -0.39 is 40.6 Å². The Kier molecular flexibility index (Phi) is 10.6. The molecule has 0 rings (SSSR count). The minimum atomic E-state index is -1.08. The number of rotatable bonds is 10. The molecule has 0 aliphatic rings. The fraction of sp³-hybridized carbons (Fsp3) is 0.727. The zero-order valence-corrected chi connectivity index (χ0v) is 19.2. The third-order valence-corrected chi connectivity index (χ3v) is 4.00. The number of carbonyl (C=O) groups excluding carboxylic acids is 4. The Morgan fingerprint density at radius 3 is 1.43 bits per heavy atom. The van der Waals surface area contributed by atoms with Crippen LogP contribution in [0.15, 0.2) is 0 Å². The van der Waals surface area contributed by atoms with Gasteiger partial charge in [-0.1, -0.05) is 0 Å². The number of amides is 1. The molecule has 30 heavy (non-hydrogen) atoms. The fourth-order valence-electron chi connectivity index (χ4n) is 2.75. The molecule has 0 aromatic carbocycles. The smallest absolute Gasteiger partial charge is 0.306 e. The van der Waals surface area contributed by atoms with Crippen LogP contribution in [0.1, 0.15) is 80.1 Å². The predicted molar refractivity (Wildman–Crippen MR) is 111 cm³/mol. The van der Waals surface area contributed by atoms with Crippen LogP contribution in [-0.4, -0.2) is 47.7 Å². The maximum Gasteiger partial charge on any atom is 0.306 e. The number of esters is 3. The zero-order chi connectivity index (χ0) is 23.6. The molecule has 0 saturated heterocycles. The SMILES string of the molecule is C#CC(=O)NC(CCC(=O)OC)(CCC(=O)OC(C)(C)C)CCC(=O)OC(C)(C)C. The van der Waals surface area contributed by atoms with Crippen molar-refractivity contribution in [1.29, 1.82) is 0 Å². The van der Waals surface area contributed by atoms with Gasteiger partial charge in [0.1, 0.15) is 11.2 Å². The first-order chi connectivity index (χ1) is 13.6. The van der Waals surface area contributed by atoms with E-state index in [4.69, 9.17) is 15.9 Å². The second-order valence-corrected chi connectivity index (χ2v) is 9.13. The van der Waals surface area contributed by atoms with Gasteiger partial charge in [0.2, 0.25) is 0 Å². The highest BCUT2D eigenvalue weighted by Crippen LogP contribution is 2.28. The topological polar surface area (TPSA) is 108 Å². The Morgan fingerprint density at radius 2 is 1.13 bits per heavy atom. The van der Waals surface area contributed by atoms with Crippen LogP contribution in [0.3, 0.4) is 0 Å². The Morgan fingerprint density at radius 1 is 0.767 bits per heavy atom. The van der Waals surface area contributed by atoms with Gasteiger partial charge in [0.25, 0.3) is 5.91 Å². The molecule has 8 heteroatoms. The largest absolute Gasteiger partial charge is 0.469 e. The van der Waals surface area contributed by atoms with E-state index in [9.17, 15) is 19.2 Å². The quantitative estimate of drug-likeness (QED) is 0.326. The van der Waals surface area contributed by atoms with Crippen LogP contribution in [0.5, 0.6) is 0 Å². The van der Waals surface area contributed by atoms with Gasteiger partial charge in [0.05, 0.1) is 7.11 Å². The van der Waals surface area contributed by atoms with Crippen molar-refractivity contribution in [2.75, 3.05) is 7.11 Å². The molecule has 8 nitrogen and oxygen atoms in total. The van der Waals surface area contributed by atoms with Crippen molar-refractivity contribution in [3.05, 3.63) is 0 Å². The van der Waals surface area contributed by atoms with Crippen LogP contribution < -0.4 is 5.32 Å². The first kappa shape index (κ1) is 27.4. The summed E-state index contributed by atoms with van der Waals surface area (Å²) in [6.07, 6.45) is 5.52. The maximum atomic E-state index is 12.2. The maximum absolute atomic E-state index is 12.2. The van der Waals surface area contributed by atoms with Crippen LogP contribution in [0.2, 0.25) is 0 Å². The molecule has 0 aromatic rings. The molecule has 0 fully saturated rings. The van der Waals surface area contributed by atoms with E-state index in [-0.39, 0.29) is 38.5 Å². The fourth-order valence-corrected chi connectivity index (χ4v) is 2.75. The Labute approximate surface area is 179 Å². The van der Waals surface area contributed by atoms with Crippen LogP contribution in [-0.2, 0) is 33.4 Å². The molecule has 0 aliphatic heterocycles. The van der Waals surface area contributed by atoms with Gasteiger partial charge in [-0.25, -0.2) is 0 Å². The summed E-state index contributed by atoms with van der Waals surface area (Å²) >= 11 is 0. The van der Waals surface area contributed by atoms with Crippen LogP contribution >= 0.6 is 0 Å². The molecule has 0 bridgehead atoms. The molecule has 170 valence electrons. The van der Waals surface area contributed by atoms with E-state index in [2.05, 4.69) is 10.1 Å². The molecule has 1 amide bonds. The molecule has 0 heterocycles. The van der Waals surface area contributed by atoms with Gasteiger partial charge in [-0.15, -0.1) is 6.42 Å². The average molecular weight is 426 g/mol. The Balaban J connectivity index is 5.54. The second-order valence-electron chi connectivity index (χ2n) is 9.13. The van der Waals surface area contributed by atoms with E-state index >= 15 is 0 Å². The predicted octanol–water partition coefficient (Wildman–Crippen LogP) is 2.67. The number of hydrogen-bond acceptors (Lipinski definition) is 7. The molecule has 0 atom stereocenters. The number of nitrogens with one attached hydrogen (secondary N) is 1. The van der Waals surface area contributed by atoms with Crippen molar-refractivity contribution < 1.29 is 33.4 Å². The van der Waals surface area contributed by atoms with Gasteiger partial charge < -0.3 is 19.5 Å². The molecule has 0 saturated carbocycles. The number of terminal acetylenes is 1. The lowest BCUT2D eigenvalue weighted by atomic mass is 9.83. The lowest BCUT2D eigenvalue weighted by Crippen LogP contribution is -2.49. The normalized spacial score (nSPS) is 11.8.